The molecule has 1 N–H and O–H groups in total. The maximum Gasteiger partial charge on any atom is 0.410 e. The number of halogens is 2. The van der Waals surface area contributed by atoms with E-state index in [2.05, 4.69) is 4.98 Å². The van der Waals surface area contributed by atoms with Gasteiger partial charge in [0.1, 0.15) is 5.60 Å². The Balaban J connectivity index is 2.03. The smallest absolute Gasteiger partial charge is 0.410 e. The molecule has 1 unspecified atom stereocenters. The van der Waals surface area contributed by atoms with Crippen molar-refractivity contribution in [1.82, 2.24) is 19.4 Å². The fourth-order valence-corrected chi connectivity index (χ4v) is 4.90. The largest absolute Gasteiger partial charge is 0.481 e. The summed E-state index contributed by atoms with van der Waals surface area (Å²) in [5.74, 6) is -4.61. The number of likely N-dealkylation sites (tertiary alicyclic amines) is 1. The average molecular weight is 567 g/mol. The van der Waals surface area contributed by atoms with Gasteiger partial charge in [-0.2, -0.15) is 0 Å². The first kappa shape index (κ1) is 31.3. The highest BCUT2D eigenvalue weighted by molar-refractivity contribution is 5.95. The van der Waals surface area contributed by atoms with Gasteiger partial charge in [0.25, 0.3) is 5.91 Å². The molecule has 10 nitrogen and oxygen atoms in total. The number of hydrogen-bond donors (Lipinski definition) is 1. The van der Waals surface area contributed by atoms with E-state index in [-0.39, 0.29) is 48.8 Å². The minimum atomic E-state index is -1.08. The number of carboxylic acid groups (broad SMARTS) is 1. The van der Waals surface area contributed by atoms with E-state index in [9.17, 15) is 28.3 Å². The van der Waals surface area contributed by atoms with E-state index in [4.69, 9.17) is 9.47 Å². The molecule has 2 heterocycles. The van der Waals surface area contributed by atoms with E-state index < -0.39 is 47.2 Å². The van der Waals surface area contributed by atoms with E-state index in [1.807, 2.05) is 13.8 Å². The van der Waals surface area contributed by atoms with Gasteiger partial charge in [-0.15, -0.1) is 0 Å². The van der Waals surface area contributed by atoms with Crippen LogP contribution in [0.2, 0.25) is 0 Å². The van der Waals surface area contributed by atoms with Crippen LogP contribution in [0.1, 0.15) is 64.5 Å². The van der Waals surface area contributed by atoms with Crippen molar-refractivity contribution in [3.8, 4) is 0 Å². The number of hydrogen-bond acceptors (Lipinski definition) is 6. The quantitative estimate of drug-likeness (QED) is 0.420. The molecule has 40 heavy (non-hydrogen) atoms. The van der Waals surface area contributed by atoms with Crippen molar-refractivity contribution < 1.29 is 37.7 Å². The number of fused-ring (bicyclic) bond motifs is 1. The molecule has 0 radical (unpaired) electrons. The highest BCUT2D eigenvalue weighted by Crippen LogP contribution is 2.27. The Morgan fingerprint density at radius 1 is 1.15 bits per heavy atom. The van der Waals surface area contributed by atoms with E-state index >= 15 is 0 Å². The van der Waals surface area contributed by atoms with Crippen LogP contribution in [0.4, 0.5) is 13.6 Å². The third-order valence-electron chi connectivity index (χ3n) is 6.65. The van der Waals surface area contributed by atoms with Gasteiger partial charge in [-0.3, -0.25) is 9.59 Å². The number of aliphatic carboxylic acids is 1. The van der Waals surface area contributed by atoms with Crippen LogP contribution in [0.5, 0.6) is 0 Å². The molecule has 2 atom stereocenters. The topological polar surface area (TPSA) is 114 Å². The number of rotatable bonds is 10. The summed E-state index contributed by atoms with van der Waals surface area (Å²) in [4.78, 5) is 46.4. The number of carbonyl (C=O) groups excluding carboxylic acids is 2. The SMILES string of the molecule is COCCCCn1c(C(=O)N(CC(C)C)[C@H]2CC(C(=O)O)CN(C(=O)OC(C)(C)C)C2)nc2cc(F)c(F)cc21. The molecule has 1 saturated heterocycles. The van der Waals surface area contributed by atoms with Crippen molar-refractivity contribution in [3.63, 3.8) is 0 Å². The average Bonchev–Trinajstić information content (AvgIpc) is 3.20. The van der Waals surface area contributed by atoms with Gasteiger partial charge in [0.05, 0.1) is 23.0 Å². The number of imidazole rings is 1. The predicted octanol–water partition coefficient (Wildman–Crippen LogP) is 4.55. The lowest BCUT2D eigenvalue weighted by Gasteiger charge is -2.42. The van der Waals surface area contributed by atoms with Crippen molar-refractivity contribution in [3.05, 3.63) is 29.6 Å². The Labute approximate surface area is 233 Å². The maximum absolute atomic E-state index is 14.2. The number of aryl methyl sites for hydroxylation is 1. The summed E-state index contributed by atoms with van der Waals surface area (Å²) in [6, 6.07) is 1.35. The van der Waals surface area contributed by atoms with Crippen LogP contribution in [-0.4, -0.2) is 87.4 Å². The van der Waals surface area contributed by atoms with Gasteiger partial charge in [0.2, 0.25) is 0 Å². The molecule has 1 aliphatic heterocycles. The molecule has 2 amide bonds. The summed E-state index contributed by atoms with van der Waals surface area (Å²) in [5, 5.41) is 9.86. The third kappa shape index (κ3) is 7.67. The molecular formula is C28H40F2N4O6. The van der Waals surface area contributed by atoms with E-state index in [1.165, 1.54) is 9.80 Å². The molecule has 0 bridgehead atoms. The fraction of sp³-hybridized carbons (Fsp3) is 0.643. The summed E-state index contributed by atoms with van der Waals surface area (Å²) in [7, 11) is 1.58. The standard InChI is InChI=1S/C28H40F2N4O6/c1-17(2)14-34(19-11-18(26(36)37)15-32(16-19)27(38)40-28(3,4)5)25(35)24-31-22-12-20(29)21(30)13-23(22)33(24)9-7-8-10-39-6/h12-13,17-19H,7-11,14-16H2,1-6H3,(H,36,37)/t18?,19-/m0/s1. The lowest BCUT2D eigenvalue weighted by atomic mass is 9.92. The van der Waals surface area contributed by atoms with Crippen molar-refractivity contribution in [2.45, 2.75) is 72.1 Å². The van der Waals surface area contributed by atoms with Crippen LogP contribution in [-0.2, 0) is 20.8 Å². The second-order valence-corrected chi connectivity index (χ2v) is 11.7. The summed E-state index contributed by atoms with van der Waals surface area (Å²) in [6.07, 6.45) is 0.748. The lowest BCUT2D eigenvalue weighted by Crippen LogP contribution is -2.57. The van der Waals surface area contributed by atoms with E-state index in [0.29, 0.717) is 26.0 Å². The molecule has 222 valence electrons. The zero-order valence-electron chi connectivity index (χ0n) is 24.1. The first-order valence-corrected chi connectivity index (χ1v) is 13.6. The van der Waals surface area contributed by atoms with Crippen LogP contribution >= 0.6 is 0 Å². The van der Waals surface area contributed by atoms with Gasteiger partial charge in [-0.1, -0.05) is 13.8 Å². The summed E-state index contributed by atoms with van der Waals surface area (Å²) in [5.41, 5.74) is -0.360. The Hall–Kier alpha value is -3.28. The number of amides is 2. The van der Waals surface area contributed by atoms with Gasteiger partial charge in [0.15, 0.2) is 17.5 Å². The van der Waals surface area contributed by atoms with Crippen molar-refractivity contribution in [2.75, 3.05) is 33.4 Å². The lowest BCUT2D eigenvalue weighted by molar-refractivity contribution is -0.144. The highest BCUT2D eigenvalue weighted by Gasteiger charge is 2.40. The summed E-state index contributed by atoms with van der Waals surface area (Å²) < 4.78 is 40.5. The third-order valence-corrected chi connectivity index (χ3v) is 6.65. The Morgan fingerprint density at radius 2 is 1.82 bits per heavy atom. The number of aromatic nitrogens is 2. The zero-order valence-corrected chi connectivity index (χ0v) is 24.1. The van der Waals surface area contributed by atoms with Crippen molar-refractivity contribution >= 4 is 29.0 Å². The number of unbranched alkanes of at least 4 members (excludes halogenated alkanes) is 1. The van der Waals surface area contributed by atoms with E-state index in [1.54, 1.807) is 32.4 Å². The zero-order chi connectivity index (χ0) is 29.8. The molecule has 2 aromatic rings. The van der Waals surface area contributed by atoms with Crippen molar-refractivity contribution in [2.24, 2.45) is 11.8 Å². The van der Waals surface area contributed by atoms with Gasteiger partial charge in [-0.05, 0) is 46.0 Å². The molecule has 0 spiro atoms. The predicted molar refractivity (Wildman–Crippen MR) is 144 cm³/mol. The molecule has 12 heteroatoms. The highest BCUT2D eigenvalue weighted by atomic mass is 19.2. The maximum atomic E-state index is 14.2. The number of carboxylic acids is 1. The summed E-state index contributed by atoms with van der Waals surface area (Å²) in [6.45, 7) is 10.1. The minimum absolute atomic E-state index is 0.000617. The minimum Gasteiger partial charge on any atom is -0.481 e. The molecule has 3 rings (SSSR count). The van der Waals surface area contributed by atoms with Gasteiger partial charge < -0.3 is 28.9 Å². The van der Waals surface area contributed by atoms with Gasteiger partial charge >= 0.3 is 12.1 Å². The monoisotopic (exact) mass is 566 g/mol. The van der Waals surface area contributed by atoms with Crippen LogP contribution in [0.25, 0.3) is 11.0 Å². The second-order valence-electron chi connectivity index (χ2n) is 11.7. The Bertz CT molecular complexity index is 1230. The molecule has 1 fully saturated rings. The molecular weight excluding hydrogens is 526 g/mol. The first-order chi connectivity index (χ1) is 18.7. The van der Waals surface area contributed by atoms with Gasteiger partial charge in [0, 0.05) is 52.0 Å². The van der Waals surface area contributed by atoms with Gasteiger partial charge in [-0.25, -0.2) is 18.6 Å². The van der Waals surface area contributed by atoms with Crippen LogP contribution in [0.3, 0.4) is 0 Å². The number of nitrogens with zero attached hydrogens (tertiary/aromatic N) is 4. The molecule has 0 aliphatic carbocycles. The van der Waals surface area contributed by atoms with Crippen molar-refractivity contribution in [1.29, 1.82) is 0 Å². The first-order valence-electron chi connectivity index (χ1n) is 13.6. The number of methoxy groups -OCH3 is 1. The number of carbonyl (C=O) groups is 3. The second kappa shape index (κ2) is 12.9. The Morgan fingerprint density at radius 3 is 2.42 bits per heavy atom. The van der Waals surface area contributed by atoms with E-state index in [0.717, 1.165) is 12.1 Å². The number of benzene rings is 1. The normalized spacial score (nSPS) is 17.9. The molecule has 1 aromatic carbocycles. The molecule has 1 aromatic heterocycles. The van der Waals surface area contributed by atoms with Crippen LogP contribution in [0, 0.1) is 23.5 Å². The Kier molecular flexibility index (Phi) is 10.1. The molecule has 1 aliphatic rings. The summed E-state index contributed by atoms with van der Waals surface area (Å²) >= 11 is 0. The number of piperidine rings is 1. The number of ether oxygens (including phenoxy) is 2. The fourth-order valence-electron chi connectivity index (χ4n) is 4.90. The van der Waals surface area contributed by atoms with Crippen LogP contribution < -0.4 is 0 Å². The molecule has 0 saturated carbocycles. The van der Waals surface area contributed by atoms with Crippen LogP contribution in [0.15, 0.2) is 12.1 Å².